The van der Waals surface area contributed by atoms with E-state index in [2.05, 4.69) is 35.9 Å². The van der Waals surface area contributed by atoms with Gasteiger partial charge in [-0.2, -0.15) is 0 Å². The Kier molecular flexibility index (Phi) is 13.9. The molecule has 3 N–H and O–H groups in total. The predicted molar refractivity (Wildman–Crippen MR) is 192 cm³/mol. The number of hydrogen-bond donors (Lipinski definition) is 3. The van der Waals surface area contributed by atoms with Gasteiger partial charge in [0.25, 0.3) is 5.91 Å². The third-order valence-corrected chi connectivity index (χ3v) is 8.99. The third-order valence-electron chi connectivity index (χ3n) is 8.99. The van der Waals surface area contributed by atoms with Gasteiger partial charge in [0.2, 0.25) is 11.8 Å². The van der Waals surface area contributed by atoms with E-state index in [4.69, 9.17) is 9.15 Å². The number of allylic oxidation sites excluding steroid dienone is 2. The second kappa shape index (κ2) is 19.0. The number of carbonyl (C=O) groups excluding carboxylic acids is 4. The van der Waals surface area contributed by atoms with Crippen LogP contribution in [-0.4, -0.2) is 108 Å². The first-order valence-corrected chi connectivity index (χ1v) is 18.0. The number of aliphatic hydroxyl groups is 1. The van der Waals surface area contributed by atoms with E-state index in [0.29, 0.717) is 36.2 Å². The number of aliphatic hydroxyl groups excluding tert-OH is 1. The molecule has 5 heterocycles. The lowest BCUT2D eigenvalue weighted by atomic mass is 9.89. The molecular formula is C37H46FN9O7. The first-order chi connectivity index (χ1) is 26.0. The highest BCUT2D eigenvalue weighted by molar-refractivity contribution is 5.95. The van der Waals surface area contributed by atoms with Gasteiger partial charge in [0, 0.05) is 56.4 Å². The number of cyclic esters (lactones) is 1. The van der Waals surface area contributed by atoms with E-state index in [-0.39, 0.29) is 62.3 Å². The Bertz CT molecular complexity index is 1840. The molecule has 0 radical (unpaired) electrons. The molecule has 5 unspecified atom stereocenters. The number of oxazole rings is 1. The van der Waals surface area contributed by atoms with Gasteiger partial charge in [-0.25, -0.2) is 24.1 Å². The summed E-state index contributed by atoms with van der Waals surface area (Å²) in [4.78, 5) is 66.9. The topological polar surface area (TPSA) is 208 Å². The lowest BCUT2D eigenvalue weighted by molar-refractivity contribution is -0.159. The van der Waals surface area contributed by atoms with Crippen molar-refractivity contribution in [3.05, 3.63) is 78.7 Å². The van der Waals surface area contributed by atoms with Crippen molar-refractivity contribution in [2.24, 2.45) is 11.8 Å². The van der Waals surface area contributed by atoms with Gasteiger partial charge in [-0.1, -0.05) is 48.9 Å². The molecule has 0 aliphatic carbocycles. The molecule has 0 spiro atoms. The second-order valence-electron chi connectivity index (χ2n) is 13.7. The summed E-state index contributed by atoms with van der Waals surface area (Å²) in [7, 11) is 0. The maximum absolute atomic E-state index is 14.8. The van der Waals surface area contributed by atoms with Crippen molar-refractivity contribution >= 4 is 23.7 Å². The number of carbonyl (C=O) groups is 4. The Morgan fingerprint density at radius 3 is 2.74 bits per heavy atom. The number of nitrogens with zero attached hydrogens (tertiary/aromatic N) is 7. The molecule has 3 aromatic heterocycles. The van der Waals surface area contributed by atoms with Crippen LogP contribution in [0.15, 0.2) is 71.6 Å². The first kappa shape index (κ1) is 39.6. The Morgan fingerprint density at radius 1 is 1.17 bits per heavy atom. The van der Waals surface area contributed by atoms with Crippen LogP contribution in [0.5, 0.6) is 0 Å². The average molecular weight is 748 g/mol. The van der Waals surface area contributed by atoms with Crippen LogP contribution in [0, 0.1) is 11.8 Å². The number of amides is 3. The van der Waals surface area contributed by atoms with Gasteiger partial charge in [0.1, 0.15) is 36.6 Å². The fraction of sp³-hybridized carbons (Fsp3) is 0.486. The summed E-state index contributed by atoms with van der Waals surface area (Å²) < 4.78 is 27.9. The summed E-state index contributed by atoms with van der Waals surface area (Å²) in [6.45, 7) is 6.39. The fourth-order valence-electron chi connectivity index (χ4n) is 6.33. The molecule has 0 aromatic carbocycles. The zero-order chi connectivity index (χ0) is 38.6. The van der Waals surface area contributed by atoms with Crippen molar-refractivity contribution in [1.82, 2.24) is 45.5 Å². The highest BCUT2D eigenvalue weighted by atomic mass is 19.1. The molecule has 54 heavy (non-hydrogen) atoms. The zero-order valence-corrected chi connectivity index (χ0v) is 30.5. The molecule has 17 heteroatoms. The lowest BCUT2D eigenvalue weighted by Crippen LogP contribution is -2.44. The number of nitrogens with one attached hydrogen (secondary N) is 2. The summed E-state index contributed by atoms with van der Waals surface area (Å²) in [6.07, 6.45) is 12.1. The number of esters is 1. The number of aromatic nitrogens is 6. The van der Waals surface area contributed by atoms with Crippen LogP contribution in [0.25, 0.3) is 11.3 Å². The minimum absolute atomic E-state index is 0.00722. The number of halogens is 1. The van der Waals surface area contributed by atoms with Crippen LogP contribution in [-0.2, 0) is 32.1 Å². The van der Waals surface area contributed by atoms with E-state index in [1.165, 1.54) is 23.4 Å². The van der Waals surface area contributed by atoms with Crippen molar-refractivity contribution in [1.29, 1.82) is 0 Å². The first-order valence-electron chi connectivity index (χ1n) is 18.0. The Hall–Kier alpha value is -5.58. The zero-order valence-electron chi connectivity index (χ0n) is 30.5. The summed E-state index contributed by atoms with van der Waals surface area (Å²) in [5.74, 6) is -3.00. The van der Waals surface area contributed by atoms with Gasteiger partial charge < -0.3 is 29.8 Å². The Balaban J connectivity index is 1.32. The van der Waals surface area contributed by atoms with E-state index in [9.17, 15) is 28.7 Å². The van der Waals surface area contributed by atoms with E-state index < -0.39 is 48.1 Å². The summed E-state index contributed by atoms with van der Waals surface area (Å²) in [5.41, 5.74) is 1.87. The minimum atomic E-state index is -1.50. The summed E-state index contributed by atoms with van der Waals surface area (Å²) in [6, 6.07) is -0.928. The third kappa shape index (κ3) is 11.2. The number of rotatable bonds is 7. The summed E-state index contributed by atoms with van der Waals surface area (Å²) in [5, 5.41) is 24.2. The number of fused-ring (bicyclic) bond motifs is 3. The molecule has 0 saturated carbocycles. The Labute approximate surface area is 312 Å². The highest BCUT2D eigenvalue weighted by Crippen LogP contribution is 2.27. The van der Waals surface area contributed by atoms with Crippen LogP contribution in [0.4, 0.5) is 4.39 Å². The molecule has 5 atom stereocenters. The van der Waals surface area contributed by atoms with Crippen molar-refractivity contribution in [3.63, 3.8) is 0 Å². The van der Waals surface area contributed by atoms with Gasteiger partial charge >= 0.3 is 5.97 Å². The fourth-order valence-corrected chi connectivity index (χ4v) is 6.33. The monoisotopic (exact) mass is 747 g/mol. The highest BCUT2D eigenvalue weighted by Gasteiger charge is 2.39. The molecule has 288 valence electrons. The number of hydrogen-bond acceptors (Lipinski definition) is 12. The molecular weight excluding hydrogens is 701 g/mol. The van der Waals surface area contributed by atoms with Crippen LogP contribution in [0.2, 0.25) is 0 Å². The van der Waals surface area contributed by atoms with E-state index in [0.717, 1.165) is 6.26 Å². The van der Waals surface area contributed by atoms with Crippen LogP contribution in [0.3, 0.4) is 0 Å². The standard InChI is InChI=1S/C37H46FN9O7/c1-23(2)35-25(15-33(50)42-11-13-46-20-29(44-45-46)26-18-39-22-40-19-26)8-9-32(49)41-10-4-6-24(3)14-28(48)16-27(38)17-34-43-30(21-53-34)36(51)47-12-5-7-31(47)37(52)54-35/h4,6,8-9,14,18-23,25,27-28,31,35,48H,5,7,10-13,15-17H2,1-3H3,(H,41,49)(H,42,50)/b6-4+,9-8+,24-14+. The lowest BCUT2D eigenvalue weighted by Gasteiger charge is -2.30. The number of ether oxygens (including phenoxy) is 1. The van der Waals surface area contributed by atoms with E-state index in [1.807, 2.05) is 13.8 Å². The van der Waals surface area contributed by atoms with Crippen molar-refractivity contribution in [2.45, 2.75) is 83.8 Å². The molecule has 1 fully saturated rings. The molecule has 16 nitrogen and oxygen atoms in total. The molecule has 2 bridgehead atoms. The van der Waals surface area contributed by atoms with Crippen molar-refractivity contribution in [2.75, 3.05) is 19.6 Å². The largest absolute Gasteiger partial charge is 0.460 e. The quantitative estimate of drug-likeness (QED) is 0.298. The van der Waals surface area contributed by atoms with Crippen molar-refractivity contribution in [3.8, 4) is 11.3 Å². The molecule has 1 saturated heterocycles. The Morgan fingerprint density at radius 2 is 1.96 bits per heavy atom. The predicted octanol–water partition coefficient (Wildman–Crippen LogP) is 2.54. The maximum Gasteiger partial charge on any atom is 0.329 e. The van der Waals surface area contributed by atoms with E-state index >= 15 is 0 Å². The van der Waals surface area contributed by atoms with Gasteiger partial charge in [0.05, 0.1) is 25.3 Å². The van der Waals surface area contributed by atoms with Gasteiger partial charge in [-0.3, -0.25) is 19.1 Å². The second-order valence-corrected chi connectivity index (χ2v) is 13.7. The van der Waals surface area contributed by atoms with Gasteiger partial charge in [-0.15, -0.1) is 5.10 Å². The molecule has 3 amide bonds. The van der Waals surface area contributed by atoms with Crippen LogP contribution in [0.1, 0.15) is 62.8 Å². The minimum Gasteiger partial charge on any atom is -0.460 e. The van der Waals surface area contributed by atoms with Crippen LogP contribution >= 0.6 is 0 Å². The average Bonchev–Trinajstić information content (AvgIpc) is 3.92. The molecule has 3 aromatic rings. The molecule has 5 rings (SSSR count). The van der Waals surface area contributed by atoms with Gasteiger partial charge in [0.15, 0.2) is 11.6 Å². The SMILES string of the molecule is CC1=C\C(O)CC(F)Cc2nc(co2)C(=O)N2CCCC2C(=O)OC(C(C)C)C(CC(=O)NCCn2cc(-c3cncnc3)nn2)/C=C/C(=O)NC\C=C\1. The maximum atomic E-state index is 14.8. The van der Waals surface area contributed by atoms with E-state index in [1.54, 1.807) is 48.4 Å². The molecule has 2 aliphatic rings. The normalized spacial score (nSPS) is 25.6. The smallest absolute Gasteiger partial charge is 0.329 e. The summed E-state index contributed by atoms with van der Waals surface area (Å²) >= 11 is 0. The molecule has 2 aliphatic heterocycles. The van der Waals surface area contributed by atoms with Gasteiger partial charge in [-0.05, 0) is 31.8 Å². The number of alkyl halides is 1. The van der Waals surface area contributed by atoms with Crippen molar-refractivity contribution < 1.29 is 37.8 Å². The van der Waals surface area contributed by atoms with Crippen LogP contribution < -0.4 is 10.6 Å².